The Hall–Kier alpha value is -0.680. The van der Waals surface area contributed by atoms with Gasteiger partial charge in [0.1, 0.15) is 6.33 Å². The van der Waals surface area contributed by atoms with Gasteiger partial charge in [-0.15, -0.1) is 17.5 Å². The van der Waals surface area contributed by atoms with Crippen molar-refractivity contribution in [1.29, 1.82) is 0 Å². The van der Waals surface area contributed by atoms with Crippen molar-refractivity contribution < 1.29 is 0 Å². The van der Waals surface area contributed by atoms with Gasteiger partial charge < -0.3 is 5.73 Å². The molecule has 0 spiro atoms. The lowest BCUT2D eigenvalue weighted by molar-refractivity contribution is 0.523. The summed E-state index contributed by atoms with van der Waals surface area (Å²) in [6.45, 7) is 2.58. The molecule has 0 fully saturated rings. The van der Waals surface area contributed by atoms with Gasteiger partial charge in [0, 0.05) is 6.04 Å². The Morgan fingerprint density at radius 1 is 1.70 bits per heavy atom. The fourth-order valence-electron chi connectivity index (χ4n) is 0.559. The molecule has 10 heavy (non-hydrogen) atoms. The lowest BCUT2D eigenvalue weighted by atomic mass is 10.4. The van der Waals surface area contributed by atoms with Gasteiger partial charge in [0.25, 0.3) is 0 Å². The predicted molar refractivity (Wildman–Crippen MR) is 38.7 cm³/mol. The minimum Gasteiger partial charge on any atom is -0.326 e. The van der Waals surface area contributed by atoms with Gasteiger partial charge >= 0.3 is 0 Å². The highest BCUT2D eigenvalue weighted by molar-refractivity contribution is 5.85. The van der Waals surface area contributed by atoms with Gasteiger partial charge in [0.05, 0.1) is 6.54 Å². The summed E-state index contributed by atoms with van der Waals surface area (Å²) >= 11 is 0. The highest BCUT2D eigenvalue weighted by Crippen LogP contribution is 1.80. The van der Waals surface area contributed by atoms with Crippen LogP contribution < -0.4 is 5.73 Å². The van der Waals surface area contributed by atoms with Crippen molar-refractivity contribution in [2.24, 2.45) is 5.73 Å². The number of nitrogens with two attached hydrogens (primary N) is 1. The molecule has 0 unspecified atom stereocenters. The molecule has 0 amide bonds. The van der Waals surface area contributed by atoms with Crippen LogP contribution in [0.3, 0.4) is 0 Å². The molecular weight excluding hydrogens is 154 g/mol. The third kappa shape index (κ3) is 2.75. The lowest BCUT2D eigenvalue weighted by Crippen LogP contribution is -2.22. The number of tetrazole rings is 1. The number of nitrogens with zero attached hydrogens (tertiary/aromatic N) is 4. The van der Waals surface area contributed by atoms with E-state index in [1.165, 1.54) is 0 Å². The summed E-state index contributed by atoms with van der Waals surface area (Å²) in [4.78, 5) is 0. The van der Waals surface area contributed by atoms with Crippen LogP contribution in [0, 0.1) is 0 Å². The molecule has 2 N–H and O–H groups in total. The van der Waals surface area contributed by atoms with Crippen molar-refractivity contribution in [2.75, 3.05) is 0 Å². The Morgan fingerprint density at radius 2 is 2.40 bits per heavy atom. The summed E-state index contributed by atoms with van der Waals surface area (Å²) in [6.07, 6.45) is 1.54. The minimum atomic E-state index is 0. The van der Waals surface area contributed by atoms with Crippen molar-refractivity contribution in [2.45, 2.75) is 19.5 Å². The molecule has 0 aromatic carbocycles. The third-order valence-corrected chi connectivity index (χ3v) is 0.866. The van der Waals surface area contributed by atoms with Crippen molar-refractivity contribution in [3.8, 4) is 0 Å². The maximum absolute atomic E-state index is 5.47. The predicted octanol–water partition coefficient (Wildman–Crippen LogP) is -0.558. The van der Waals surface area contributed by atoms with Crippen LogP contribution >= 0.6 is 12.4 Å². The van der Waals surface area contributed by atoms with Crippen molar-refractivity contribution >= 4 is 12.4 Å². The van der Waals surface area contributed by atoms with Crippen LogP contribution in [0.5, 0.6) is 0 Å². The molecule has 1 aromatic rings. The van der Waals surface area contributed by atoms with Crippen LogP contribution in [0.15, 0.2) is 6.33 Å². The Kier molecular flexibility index (Phi) is 3.90. The van der Waals surface area contributed by atoms with E-state index in [9.17, 15) is 0 Å². The number of hydrogen-bond acceptors (Lipinski definition) is 4. The molecular formula is C4H10ClN5. The van der Waals surface area contributed by atoms with E-state index in [0.717, 1.165) is 0 Å². The first kappa shape index (κ1) is 9.32. The molecule has 1 rings (SSSR count). The van der Waals surface area contributed by atoms with E-state index in [-0.39, 0.29) is 18.4 Å². The standard InChI is InChI=1S/C4H9N5.ClH/c1-4(5)2-9-3-6-7-8-9;/h3-4H,2,5H2,1H3;1H/t4-;/m1./s1. The monoisotopic (exact) mass is 163 g/mol. The molecule has 0 aliphatic carbocycles. The molecule has 1 atom stereocenters. The van der Waals surface area contributed by atoms with Crippen molar-refractivity contribution in [3.63, 3.8) is 0 Å². The second-order valence-corrected chi connectivity index (χ2v) is 2.01. The Morgan fingerprint density at radius 3 is 2.80 bits per heavy atom. The Balaban J connectivity index is 0.000000810. The van der Waals surface area contributed by atoms with Gasteiger partial charge in [-0.2, -0.15) is 0 Å². The summed E-state index contributed by atoms with van der Waals surface area (Å²) in [6, 6.07) is 0.105. The molecule has 1 aromatic heterocycles. The molecule has 0 bridgehead atoms. The highest BCUT2D eigenvalue weighted by atomic mass is 35.5. The minimum absolute atomic E-state index is 0. The van der Waals surface area contributed by atoms with E-state index in [1.54, 1.807) is 11.0 Å². The second kappa shape index (κ2) is 4.19. The molecule has 0 aliphatic heterocycles. The van der Waals surface area contributed by atoms with E-state index in [4.69, 9.17) is 5.73 Å². The first-order valence-corrected chi connectivity index (χ1v) is 2.75. The molecule has 0 radical (unpaired) electrons. The van der Waals surface area contributed by atoms with Crippen LogP contribution in [-0.4, -0.2) is 26.2 Å². The van der Waals surface area contributed by atoms with Crippen molar-refractivity contribution in [1.82, 2.24) is 20.2 Å². The van der Waals surface area contributed by atoms with Crippen molar-refractivity contribution in [3.05, 3.63) is 6.33 Å². The zero-order valence-corrected chi connectivity index (χ0v) is 6.45. The summed E-state index contributed by atoms with van der Waals surface area (Å²) < 4.78 is 1.60. The molecule has 0 saturated carbocycles. The zero-order chi connectivity index (χ0) is 6.69. The first-order chi connectivity index (χ1) is 4.29. The number of hydrogen-bond donors (Lipinski definition) is 1. The SMILES string of the molecule is C[C@@H](N)Cn1cnnn1.Cl. The smallest absolute Gasteiger partial charge is 0.138 e. The first-order valence-electron chi connectivity index (χ1n) is 2.75. The van der Waals surface area contributed by atoms with Crippen LogP contribution in [0.25, 0.3) is 0 Å². The average Bonchev–Trinajstić information content (AvgIpc) is 2.15. The molecule has 1 heterocycles. The normalized spacial score (nSPS) is 12.2. The van der Waals surface area contributed by atoms with E-state index in [0.29, 0.717) is 6.54 Å². The van der Waals surface area contributed by atoms with Crippen LogP contribution in [0.1, 0.15) is 6.92 Å². The Bertz CT molecular complexity index is 160. The number of aromatic nitrogens is 4. The van der Waals surface area contributed by atoms with Gasteiger partial charge in [0.2, 0.25) is 0 Å². The summed E-state index contributed by atoms with van der Waals surface area (Å²) in [7, 11) is 0. The van der Waals surface area contributed by atoms with E-state index >= 15 is 0 Å². The van der Waals surface area contributed by atoms with E-state index in [2.05, 4.69) is 15.5 Å². The van der Waals surface area contributed by atoms with Crippen LogP contribution in [-0.2, 0) is 6.54 Å². The largest absolute Gasteiger partial charge is 0.326 e. The second-order valence-electron chi connectivity index (χ2n) is 2.01. The fourth-order valence-corrected chi connectivity index (χ4v) is 0.559. The topological polar surface area (TPSA) is 69.6 Å². The molecule has 58 valence electrons. The molecule has 0 saturated heterocycles. The van der Waals surface area contributed by atoms with E-state index in [1.807, 2.05) is 6.92 Å². The highest BCUT2D eigenvalue weighted by Gasteiger charge is 1.94. The van der Waals surface area contributed by atoms with Gasteiger partial charge in [-0.05, 0) is 17.4 Å². The fraction of sp³-hybridized carbons (Fsp3) is 0.750. The third-order valence-electron chi connectivity index (χ3n) is 0.866. The Labute approximate surface area is 65.0 Å². The van der Waals surface area contributed by atoms with Crippen LogP contribution in [0.4, 0.5) is 0 Å². The van der Waals surface area contributed by atoms with Gasteiger partial charge in [-0.1, -0.05) is 0 Å². The quantitative estimate of drug-likeness (QED) is 0.635. The summed E-state index contributed by atoms with van der Waals surface area (Å²) in [5.74, 6) is 0. The maximum atomic E-state index is 5.47. The maximum Gasteiger partial charge on any atom is 0.138 e. The molecule has 0 aliphatic rings. The zero-order valence-electron chi connectivity index (χ0n) is 5.64. The lowest BCUT2D eigenvalue weighted by Gasteiger charge is -2.00. The number of rotatable bonds is 2. The summed E-state index contributed by atoms with van der Waals surface area (Å²) in [5.41, 5.74) is 5.47. The molecule has 5 nitrogen and oxygen atoms in total. The van der Waals surface area contributed by atoms with Gasteiger partial charge in [0.15, 0.2) is 0 Å². The van der Waals surface area contributed by atoms with E-state index < -0.39 is 0 Å². The summed E-state index contributed by atoms with van der Waals surface area (Å²) in [5, 5.41) is 10.5. The average molecular weight is 164 g/mol. The number of halogens is 1. The van der Waals surface area contributed by atoms with Gasteiger partial charge in [-0.25, -0.2) is 4.68 Å². The van der Waals surface area contributed by atoms with Crippen LogP contribution in [0.2, 0.25) is 0 Å². The molecule has 6 heteroatoms. The van der Waals surface area contributed by atoms with Gasteiger partial charge in [-0.3, -0.25) is 0 Å².